The number of rotatable bonds is 9. The van der Waals surface area contributed by atoms with Crippen LogP contribution in [0.2, 0.25) is 5.04 Å². The zero-order valence-corrected chi connectivity index (χ0v) is 26.1. The minimum absolute atomic E-state index is 0.00553. The lowest BCUT2D eigenvalue weighted by Gasteiger charge is -2.44. The van der Waals surface area contributed by atoms with Crippen LogP contribution in [0.3, 0.4) is 0 Å². The van der Waals surface area contributed by atoms with Crippen molar-refractivity contribution in [1.29, 1.82) is 0 Å². The number of thioether (sulfide) groups is 2. The number of ether oxygens (including phenoxy) is 1. The van der Waals surface area contributed by atoms with Crippen molar-refractivity contribution < 1.29 is 9.16 Å². The Kier molecular flexibility index (Phi) is 10.1. The van der Waals surface area contributed by atoms with Gasteiger partial charge in [-0.05, 0) is 65.4 Å². The first kappa shape index (κ1) is 29.0. The number of benzene rings is 2. The summed E-state index contributed by atoms with van der Waals surface area (Å²) in [4.78, 5) is 0. The van der Waals surface area contributed by atoms with Gasteiger partial charge in [0, 0.05) is 13.0 Å². The summed E-state index contributed by atoms with van der Waals surface area (Å²) in [5, 5.41) is 2.71. The van der Waals surface area contributed by atoms with Crippen molar-refractivity contribution in [1.82, 2.24) is 0 Å². The first-order valence-corrected chi connectivity index (χ1v) is 18.0. The van der Waals surface area contributed by atoms with Gasteiger partial charge in [-0.25, -0.2) is 0 Å². The smallest absolute Gasteiger partial charge is 0.261 e. The van der Waals surface area contributed by atoms with Gasteiger partial charge in [0.1, 0.15) is 0 Å². The maximum Gasteiger partial charge on any atom is 0.261 e. The van der Waals surface area contributed by atoms with E-state index in [1.165, 1.54) is 41.1 Å². The van der Waals surface area contributed by atoms with Crippen molar-refractivity contribution in [3.8, 4) is 0 Å². The van der Waals surface area contributed by atoms with Gasteiger partial charge in [0.25, 0.3) is 8.32 Å². The SMILES string of the molecule is C/C=C/C1(C[C@@H]2CC[C@@H](C)[C@@H](CCO[Si](c3ccccc3)(c3ccccc3)C(C)(C)C)O2)SCCCS1. The Bertz CT molecular complexity index is 943. The molecule has 3 atom stereocenters. The molecule has 2 fully saturated rings. The molecule has 2 aromatic carbocycles. The van der Waals surface area contributed by atoms with Crippen LogP contribution >= 0.6 is 23.5 Å². The number of hydrogen-bond donors (Lipinski definition) is 0. The third-order valence-electron chi connectivity index (χ3n) is 8.00. The molecule has 37 heavy (non-hydrogen) atoms. The van der Waals surface area contributed by atoms with E-state index in [1.54, 1.807) is 0 Å². The molecule has 4 rings (SSSR count). The average molecular weight is 555 g/mol. The van der Waals surface area contributed by atoms with Crippen LogP contribution in [-0.2, 0) is 9.16 Å². The third-order valence-corrected chi connectivity index (χ3v) is 16.3. The van der Waals surface area contributed by atoms with Crippen LogP contribution in [0.1, 0.15) is 66.7 Å². The molecular formula is C32H46O2S2Si. The molecule has 2 saturated heterocycles. The molecule has 5 heteroatoms. The molecule has 2 aromatic rings. The molecule has 0 amide bonds. The molecule has 2 aliphatic rings. The van der Waals surface area contributed by atoms with Crippen LogP contribution in [0.5, 0.6) is 0 Å². The molecule has 0 N–H and O–H groups in total. The van der Waals surface area contributed by atoms with Crippen LogP contribution < -0.4 is 10.4 Å². The van der Waals surface area contributed by atoms with Gasteiger partial charge in [0.05, 0.1) is 16.3 Å². The highest BCUT2D eigenvalue weighted by molar-refractivity contribution is 8.19. The Hall–Kier alpha value is -0.983. The average Bonchev–Trinajstić information content (AvgIpc) is 2.89. The molecule has 0 aromatic heterocycles. The largest absolute Gasteiger partial charge is 0.407 e. The summed E-state index contributed by atoms with van der Waals surface area (Å²) in [5.41, 5.74) is 0. The second kappa shape index (κ2) is 12.9. The lowest BCUT2D eigenvalue weighted by atomic mass is 9.90. The molecule has 0 radical (unpaired) electrons. The summed E-state index contributed by atoms with van der Waals surface area (Å²) in [6, 6.07) is 22.0. The summed E-state index contributed by atoms with van der Waals surface area (Å²) < 4.78 is 14.2. The van der Waals surface area contributed by atoms with Gasteiger partial charge in [-0.3, -0.25) is 0 Å². The summed E-state index contributed by atoms with van der Waals surface area (Å²) in [6.45, 7) is 12.3. The second-order valence-corrected chi connectivity index (χ2v) is 19.1. The Morgan fingerprint density at radius 2 is 1.57 bits per heavy atom. The van der Waals surface area contributed by atoms with Crippen molar-refractivity contribution in [3.05, 3.63) is 72.8 Å². The van der Waals surface area contributed by atoms with Crippen molar-refractivity contribution >= 4 is 42.2 Å². The van der Waals surface area contributed by atoms with Crippen LogP contribution in [0.4, 0.5) is 0 Å². The molecular weight excluding hydrogens is 509 g/mol. The van der Waals surface area contributed by atoms with Gasteiger partial charge in [0.15, 0.2) is 0 Å². The Morgan fingerprint density at radius 1 is 0.973 bits per heavy atom. The predicted molar refractivity (Wildman–Crippen MR) is 167 cm³/mol. The van der Waals surface area contributed by atoms with E-state index >= 15 is 0 Å². The predicted octanol–water partition coefficient (Wildman–Crippen LogP) is 7.67. The van der Waals surface area contributed by atoms with Crippen molar-refractivity contribution in [2.75, 3.05) is 18.1 Å². The van der Waals surface area contributed by atoms with Crippen molar-refractivity contribution in [2.45, 2.75) is 88.0 Å². The van der Waals surface area contributed by atoms with E-state index in [2.05, 4.69) is 131 Å². The first-order chi connectivity index (χ1) is 17.8. The lowest BCUT2D eigenvalue weighted by molar-refractivity contribution is -0.0882. The molecule has 0 saturated carbocycles. The molecule has 0 bridgehead atoms. The maximum atomic E-state index is 7.20. The van der Waals surface area contributed by atoms with Crippen molar-refractivity contribution in [3.63, 3.8) is 0 Å². The van der Waals surface area contributed by atoms with Crippen molar-refractivity contribution in [2.24, 2.45) is 5.92 Å². The monoisotopic (exact) mass is 554 g/mol. The van der Waals surface area contributed by atoms with Crippen LogP contribution in [0, 0.1) is 5.92 Å². The fourth-order valence-corrected chi connectivity index (χ4v) is 14.1. The first-order valence-electron chi connectivity index (χ1n) is 14.1. The summed E-state index contributed by atoms with van der Waals surface area (Å²) in [7, 11) is -2.50. The third kappa shape index (κ3) is 6.78. The van der Waals surface area contributed by atoms with Crippen LogP contribution in [-0.4, -0.2) is 42.7 Å². The highest BCUT2D eigenvalue weighted by Gasteiger charge is 2.50. The van der Waals surface area contributed by atoms with Crippen LogP contribution in [0.25, 0.3) is 0 Å². The highest BCUT2D eigenvalue weighted by Crippen LogP contribution is 2.48. The minimum atomic E-state index is -2.50. The molecule has 0 spiro atoms. The summed E-state index contributed by atoms with van der Waals surface area (Å²) >= 11 is 4.25. The Labute approximate surface area is 235 Å². The maximum absolute atomic E-state index is 7.20. The summed E-state index contributed by atoms with van der Waals surface area (Å²) in [5.74, 6) is 3.09. The van der Waals surface area contributed by atoms with E-state index in [9.17, 15) is 0 Å². The zero-order chi connectivity index (χ0) is 26.4. The summed E-state index contributed by atoms with van der Waals surface area (Å²) in [6.07, 6.45) is 11.1. The number of hydrogen-bond acceptors (Lipinski definition) is 4. The second-order valence-electron chi connectivity index (χ2n) is 11.7. The van der Waals surface area contributed by atoms with E-state index in [0.717, 1.165) is 19.4 Å². The van der Waals surface area contributed by atoms with E-state index < -0.39 is 8.32 Å². The molecule has 2 aliphatic heterocycles. The fourth-order valence-electron chi connectivity index (χ4n) is 6.12. The normalized spacial score (nSPS) is 24.8. The fraction of sp³-hybridized carbons (Fsp3) is 0.562. The van der Waals surface area contributed by atoms with E-state index in [-0.39, 0.29) is 15.2 Å². The molecule has 2 nitrogen and oxygen atoms in total. The van der Waals surface area contributed by atoms with Gasteiger partial charge in [-0.1, -0.05) is 101 Å². The van der Waals surface area contributed by atoms with Gasteiger partial charge >= 0.3 is 0 Å². The Morgan fingerprint density at radius 3 is 2.11 bits per heavy atom. The van der Waals surface area contributed by atoms with Gasteiger partial charge in [-0.2, -0.15) is 0 Å². The molecule has 0 aliphatic carbocycles. The van der Waals surface area contributed by atoms with E-state index in [4.69, 9.17) is 9.16 Å². The molecule has 202 valence electrons. The van der Waals surface area contributed by atoms with E-state index in [0.29, 0.717) is 12.0 Å². The number of allylic oxidation sites excluding steroid dienone is 1. The standard InChI is InChI=1S/C32H46O2S2Si/c1-6-21-32(35-23-13-24-36-32)25-27-19-18-26(2)30(34-27)20-22-33-37(31(3,4)5,28-14-9-7-10-15-28)29-16-11-8-12-17-29/h6-12,14-17,21,26-27,30H,13,18-20,22-25H2,1-5H3/b21-6+/t26-,27+,30-/m1/s1. The van der Waals surface area contributed by atoms with Gasteiger partial charge in [-0.15, -0.1) is 23.5 Å². The quantitative estimate of drug-likeness (QED) is 0.234. The van der Waals surface area contributed by atoms with Gasteiger partial charge < -0.3 is 9.16 Å². The molecule has 0 unspecified atom stereocenters. The van der Waals surface area contributed by atoms with Crippen LogP contribution in [0.15, 0.2) is 72.8 Å². The topological polar surface area (TPSA) is 18.5 Å². The zero-order valence-electron chi connectivity index (χ0n) is 23.5. The minimum Gasteiger partial charge on any atom is -0.407 e. The highest BCUT2D eigenvalue weighted by atomic mass is 32.2. The van der Waals surface area contributed by atoms with E-state index in [1.807, 2.05) is 0 Å². The lowest BCUT2D eigenvalue weighted by Crippen LogP contribution is -2.66. The molecule has 2 heterocycles. The Balaban J connectivity index is 1.50. The van der Waals surface area contributed by atoms with Gasteiger partial charge in [0.2, 0.25) is 0 Å².